The number of rotatable bonds is 4. The number of hydrogen-bond donors (Lipinski definition) is 2. The highest BCUT2D eigenvalue weighted by Gasteiger charge is 2.58. The number of imide groups is 1. The average molecular weight is 463 g/mol. The molecule has 2 fully saturated rings. The lowest BCUT2D eigenvalue weighted by molar-refractivity contribution is -0.141. The molecule has 2 aliphatic heterocycles. The maximum atomic E-state index is 13.4. The van der Waals surface area contributed by atoms with E-state index in [9.17, 15) is 19.2 Å². The Morgan fingerprint density at radius 2 is 1.94 bits per heavy atom. The molecule has 0 saturated carbocycles. The normalized spacial score (nSPS) is 23.3. The second-order valence-corrected chi connectivity index (χ2v) is 8.90. The number of likely N-dealkylation sites (tertiary alicyclic amines) is 1. The highest BCUT2D eigenvalue weighted by atomic mass is 16.6. The summed E-state index contributed by atoms with van der Waals surface area (Å²) in [5, 5.41) is 5.18. The van der Waals surface area contributed by atoms with Gasteiger partial charge in [-0.15, -0.1) is 0 Å². The van der Waals surface area contributed by atoms with Crippen LogP contribution < -0.4 is 10.6 Å². The number of ether oxygens (including phenoxy) is 1. The van der Waals surface area contributed by atoms with Crippen LogP contribution in [0, 0.1) is 0 Å². The first-order valence-electron chi connectivity index (χ1n) is 11.4. The molecule has 1 spiro atoms. The van der Waals surface area contributed by atoms with Gasteiger partial charge in [0.1, 0.15) is 6.54 Å². The number of aryl methyl sites for hydroxylation is 1. The number of urea groups is 1. The molecule has 34 heavy (non-hydrogen) atoms. The minimum atomic E-state index is -1.41. The van der Waals surface area contributed by atoms with Crippen LogP contribution in [0.3, 0.4) is 0 Å². The summed E-state index contributed by atoms with van der Waals surface area (Å²) in [6, 6.07) is 14.8. The Bertz CT molecular complexity index is 1170. The largest absolute Gasteiger partial charge is 0.427 e. The second-order valence-electron chi connectivity index (χ2n) is 8.90. The molecule has 9 nitrogen and oxygen atoms in total. The van der Waals surface area contributed by atoms with E-state index in [1.165, 1.54) is 12.6 Å². The van der Waals surface area contributed by atoms with Gasteiger partial charge in [-0.3, -0.25) is 9.59 Å². The summed E-state index contributed by atoms with van der Waals surface area (Å²) < 4.78 is 5.62. The number of nitrogens with zero attached hydrogens (tertiary/aromatic N) is 2. The van der Waals surface area contributed by atoms with Crippen LogP contribution in [0.5, 0.6) is 0 Å². The van der Waals surface area contributed by atoms with Crippen molar-refractivity contribution < 1.29 is 23.9 Å². The van der Waals surface area contributed by atoms with Gasteiger partial charge in [-0.05, 0) is 36.1 Å². The summed E-state index contributed by atoms with van der Waals surface area (Å²) in [6.07, 6.45) is 0.876. The molecule has 2 atom stereocenters. The molecule has 5 amide bonds. The number of amides is 5. The van der Waals surface area contributed by atoms with Gasteiger partial charge in [0.05, 0.1) is 0 Å². The molecule has 1 aliphatic carbocycles. The third kappa shape index (κ3) is 3.67. The van der Waals surface area contributed by atoms with Crippen LogP contribution in [-0.2, 0) is 26.3 Å². The predicted octanol–water partition coefficient (Wildman–Crippen LogP) is 2.57. The van der Waals surface area contributed by atoms with Crippen molar-refractivity contribution in [1.29, 1.82) is 0 Å². The van der Waals surface area contributed by atoms with Crippen LogP contribution in [0.1, 0.15) is 35.4 Å². The number of anilines is 1. The lowest BCUT2D eigenvalue weighted by atomic mass is 9.94. The van der Waals surface area contributed by atoms with Crippen LogP contribution in [-0.4, -0.2) is 60.4 Å². The zero-order valence-electron chi connectivity index (χ0n) is 18.9. The molecule has 0 aromatic heterocycles. The quantitative estimate of drug-likeness (QED) is 0.726. The van der Waals surface area contributed by atoms with E-state index in [-0.39, 0.29) is 24.4 Å². The van der Waals surface area contributed by atoms with Crippen molar-refractivity contribution in [3.8, 4) is 0 Å². The Morgan fingerprint density at radius 3 is 2.71 bits per heavy atom. The second kappa shape index (κ2) is 8.48. The van der Waals surface area contributed by atoms with Gasteiger partial charge in [0, 0.05) is 43.7 Å². The van der Waals surface area contributed by atoms with Gasteiger partial charge in [0.25, 0.3) is 5.91 Å². The molecule has 2 heterocycles. The molecule has 0 radical (unpaired) electrons. The fourth-order valence-corrected chi connectivity index (χ4v) is 5.14. The first-order valence-corrected chi connectivity index (χ1v) is 11.4. The van der Waals surface area contributed by atoms with E-state index in [1.807, 2.05) is 18.2 Å². The van der Waals surface area contributed by atoms with Crippen molar-refractivity contribution in [2.24, 2.45) is 0 Å². The lowest BCUT2D eigenvalue weighted by Gasteiger charge is -2.22. The van der Waals surface area contributed by atoms with Crippen LogP contribution in [0.25, 0.3) is 0 Å². The molecular formula is C25H26N4O5. The summed E-state index contributed by atoms with van der Waals surface area (Å²) in [5.74, 6) is -0.517. The smallest absolute Gasteiger partial charge is 0.418 e. The highest BCUT2D eigenvalue weighted by molar-refractivity contribution is 6.06. The van der Waals surface area contributed by atoms with Crippen LogP contribution in [0.4, 0.5) is 15.3 Å². The Kier molecular flexibility index (Phi) is 5.47. The van der Waals surface area contributed by atoms with Gasteiger partial charge in [-0.1, -0.05) is 36.4 Å². The minimum Gasteiger partial charge on any atom is -0.427 e. The van der Waals surface area contributed by atoms with Crippen molar-refractivity contribution in [3.05, 3.63) is 65.2 Å². The molecule has 9 heteroatoms. The van der Waals surface area contributed by atoms with E-state index in [0.717, 1.165) is 16.9 Å². The number of nitrogens with one attached hydrogen (secondary N) is 2. The third-order valence-corrected chi connectivity index (χ3v) is 6.95. The Hall–Kier alpha value is -3.88. The van der Waals surface area contributed by atoms with Crippen molar-refractivity contribution in [3.63, 3.8) is 0 Å². The molecule has 2 aromatic carbocycles. The first kappa shape index (κ1) is 21.9. The first-order chi connectivity index (χ1) is 16.4. The fraction of sp³-hybridized carbons (Fsp3) is 0.360. The van der Waals surface area contributed by atoms with E-state index in [1.54, 1.807) is 23.1 Å². The lowest BCUT2D eigenvalue weighted by Crippen LogP contribution is -2.44. The number of benzene rings is 2. The maximum Gasteiger partial charge on any atom is 0.418 e. The van der Waals surface area contributed by atoms with Gasteiger partial charge in [-0.2, -0.15) is 0 Å². The van der Waals surface area contributed by atoms with Crippen molar-refractivity contribution in [2.75, 3.05) is 32.0 Å². The standard InChI is InChI=1S/C25H26N4O5/c1-26-23(32)27-19-7-8-20-17(13-19)9-11-25(20)22(31)29(24(33)34-25)15-21(30)28-12-10-18(14-28)16-5-3-2-4-6-16/h2-8,13,18H,9-12,14-15H2,1H3,(H2,26,27,32)/t18-,25-/m1/s1. The number of carbonyl (C=O) groups is 4. The number of carbonyl (C=O) groups excluding carboxylic acids is 4. The number of fused-ring (bicyclic) bond motifs is 2. The molecule has 176 valence electrons. The van der Waals surface area contributed by atoms with Crippen LogP contribution >= 0.6 is 0 Å². The monoisotopic (exact) mass is 462 g/mol. The summed E-state index contributed by atoms with van der Waals surface area (Å²) in [6.45, 7) is 0.826. The molecule has 5 rings (SSSR count). The molecule has 3 aliphatic rings. The summed E-state index contributed by atoms with van der Waals surface area (Å²) in [7, 11) is 1.52. The fourth-order valence-electron chi connectivity index (χ4n) is 5.14. The molecular weight excluding hydrogens is 436 g/mol. The number of hydrogen-bond acceptors (Lipinski definition) is 5. The van der Waals surface area contributed by atoms with Crippen molar-refractivity contribution >= 4 is 29.6 Å². The van der Waals surface area contributed by atoms with Crippen LogP contribution in [0.15, 0.2) is 48.5 Å². The summed E-state index contributed by atoms with van der Waals surface area (Å²) in [5.41, 5.74) is 1.79. The molecule has 2 aromatic rings. The third-order valence-electron chi connectivity index (χ3n) is 6.95. The predicted molar refractivity (Wildman–Crippen MR) is 123 cm³/mol. The average Bonchev–Trinajstić information content (AvgIpc) is 3.54. The van der Waals surface area contributed by atoms with Gasteiger partial charge in [-0.25, -0.2) is 14.5 Å². The summed E-state index contributed by atoms with van der Waals surface area (Å²) in [4.78, 5) is 53.3. The van der Waals surface area contributed by atoms with Gasteiger partial charge >= 0.3 is 12.1 Å². The molecule has 0 bridgehead atoms. The van der Waals surface area contributed by atoms with E-state index < -0.39 is 17.6 Å². The highest BCUT2D eigenvalue weighted by Crippen LogP contribution is 2.46. The Balaban J connectivity index is 1.28. The van der Waals surface area contributed by atoms with E-state index in [0.29, 0.717) is 37.2 Å². The SMILES string of the molecule is CNC(=O)Nc1ccc2c(c1)CC[C@@]21OC(=O)N(CC(=O)N2CC[C@@H](c3ccccc3)C2)C1=O. The molecule has 0 unspecified atom stereocenters. The molecule has 2 N–H and O–H groups in total. The van der Waals surface area contributed by atoms with E-state index in [2.05, 4.69) is 22.8 Å². The van der Waals surface area contributed by atoms with Crippen molar-refractivity contribution in [1.82, 2.24) is 15.1 Å². The summed E-state index contributed by atoms with van der Waals surface area (Å²) >= 11 is 0. The topological polar surface area (TPSA) is 108 Å². The van der Waals surface area contributed by atoms with Gasteiger partial charge < -0.3 is 20.3 Å². The molecule has 2 saturated heterocycles. The zero-order chi connectivity index (χ0) is 23.9. The Morgan fingerprint density at radius 1 is 1.15 bits per heavy atom. The van der Waals surface area contributed by atoms with Gasteiger partial charge in [0.2, 0.25) is 11.5 Å². The zero-order valence-corrected chi connectivity index (χ0v) is 18.9. The Labute approximate surface area is 197 Å². The van der Waals surface area contributed by atoms with E-state index >= 15 is 0 Å². The van der Waals surface area contributed by atoms with Gasteiger partial charge in [0.15, 0.2) is 0 Å². The van der Waals surface area contributed by atoms with Crippen LogP contribution in [0.2, 0.25) is 0 Å². The maximum absolute atomic E-state index is 13.4. The van der Waals surface area contributed by atoms with Crippen molar-refractivity contribution in [2.45, 2.75) is 30.8 Å². The minimum absolute atomic E-state index is 0.247. The van der Waals surface area contributed by atoms with E-state index in [4.69, 9.17) is 4.74 Å².